The molecule has 0 saturated heterocycles. The lowest BCUT2D eigenvalue weighted by molar-refractivity contribution is -0.133. The first-order valence-electron chi connectivity index (χ1n) is 11.7. The van der Waals surface area contributed by atoms with Gasteiger partial charge in [-0.3, -0.25) is 4.79 Å². The van der Waals surface area contributed by atoms with Crippen molar-refractivity contribution in [1.82, 2.24) is 9.80 Å². The van der Waals surface area contributed by atoms with E-state index in [-0.39, 0.29) is 31.8 Å². The van der Waals surface area contributed by atoms with Gasteiger partial charge < -0.3 is 29.3 Å². The molecule has 8 nitrogen and oxygen atoms in total. The number of rotatable bonds is 10. The lowest BCUT2D eigenvalue weighted by Crippen LogP contribution is -2.45. The number of aryl methyl sites for hydroxylation is 2. The van der Waals surface area contributed by atoms with Crippen LogP contribution in [0.5, 0.6) is 11.5 Å². The molecular formula is C27H31N3O5S. The average molecular weight is 510 g/mol. The zero-order valence-corrected chi connectivity index (χ0v) is 21.6. The third-order valence-corrected chi connectivity index (χ3v) is 6.84. The Balaban J connectivity index is 1.51. The normalized spacial score (nSPS) is 11.9. The minimum absolute atomic E-state index is 0.0734. The predicted molar refractivity (Wildman–Crippen MR) is 140 cm³/mol. The van der Waals surface area contributed by atoms with Gasteiger partial charge in [0, 0.05) is 30.8 Å². The summed E-state index contributed by atoms with van der Waals surface area (Å²) in [5, 5.41) is 4.98. The molecule has 0 saturated carbocycles. The lowest BCUT2D eigenvalue weighted by atomic mass is 10.1. The van der Waals surface area contributed by atoms with Crippen molar-refractivity contribution in [3.8, 4) is 11.5 Å². The van der Waals surface area contributed by atoms with Gasteiger partial charge in [-0.15, -0.1) is 11.3 Å². The Labute approximate surface area is 215 Å². The summed E-state index contributed by atoms with van der Waals surface area (Å²) in [5.41, 5.74) is 3.60. The minimum atomic E-state index is -0.336. The van der Waals surface area contributed by atoms with Gasteiger partial charge in [-0.25, -0.2) is 4.79 Å². The second kappa shape index (κ2) is 11.9. The minimum Gasteiger partial charge on any atom is -0.454 e. The van der Waals surface area contributed by atoms with E-state index >= 15 is 0 Å². The number of anilines is 1. The van der Waals surface area contributed by atoms with Gasteiger partial charge in [0.1, 0.15) is 6.54 Å². The highest BCUT2D eigenvalue weighted by atomic mass is 32.1. The number of ether oxygens (including phenoxy) is 3. The maximum absolute atomic E-state index is 13.6. The van der Waals surface area contributed by atoms with E-state index in [4.69, 9.17) is 14.2 Å². The third kappa shape index (κ3) is 6.35. The molecule has 0 atom stereocenters. The molecule has 0 fully saturated rings. The van der Waals surface area contributed by atoms with Crippen molar-refractivity contribution in [2.45, 2.75) is 26.9 Å². The fourth-order valence-corrected chi connectivity index (χ4v) is 4.72. The van der Waals surface area contributed by atoms with E-state index in [0.717, 1.165) is 27.3 Å². The second-order valence-corrected chi connectivity index (χ2v) is 9.66. The zero-order valence-electron chi connectivity index (χ0n) is 20.8. The summed E-state index contributed by atoms with van der Waals surface area (Å²) in [6.07, 6.45) is 0. The van der Waals surface area contributed by atoms with Gasteiger partial charge in [-0.1, -0.05) is 30.3 Å². The Morgan fingerprint density at radius 1 is 1.00 bits per heavy atom. The Bertz CT molecular complexity index is 1180. The summed E-state index contributed by atoms with van der Waals surface area (Å²) in [4.78, 5) is 31.1. The molecule has 0 spiro atoms. The number of amides is 3. The fraction of sp³-hybridized carbons (Fsp3) is 0.333. The summed E-state index contributed by atoms with van der Waals surface area (Å²) < 4.78 is 16.1. The van der Waals surface area contributed by atoms with Crippen molar-refractivity contribution in [2.75, 3.05) is 38.9 Å². The maximum atomic E-state index is 13.6. The first-order valence-corrected chi connectivity index (χ1v) is 12.6. The van der Waals surface area contributed by atoms with Crippen LogP contribution in [0.1, 0.15) is 21.6 Å². The van der Waals surface area contributed by atoms with Crippen LogP contribution in [-0.4, -0.2) is 55.3 Å². The van der Waals surface area contributed by atoms with Gasteiger partial charge in [0.25, 0.3) is 0 Å². The Hall–Kier alpha value is -3.56. The van der Waals surface area contributed by atoms with Crippen LogP contribution < -0.4 is 14.8 Å². The highest BCUT2D eigenvalue weighted by Crippen LogP contribution is 2.33. The summed E-state index contributed by atoms with van der Waals surface area (Å²) >= 11 is 1.59. The molecule has 1 aliphatic rings. The summed E-state index contributed by atoms with van der Waals surface area (Å²) in [6.45, 7) is 5.45. The molecule has 36 heavy (non-hydrogen) atoms. The van der Waals surface area contributed by atoms with Crippen molar-refractivity contribution in [1.29, 1.82) is 0 Å². The average Bonchev–Trinajstić information content (AvgIpc) is 3.55. The largest absolute Gasteiger partial charge is 0.454 e. The standard InChI is InChI=1S/C27H31N3O5S/c1-19-6-4-7-20(2)26(19)28-27(32)29(11-12-33-3)17-25(31)30(16-22-8-5-13-36-22)15-21-9-10-23-24(14-21)35-18-34-23/h4-10,13-14H,11-12,15-18H2,1-3H3,(H,28,32). The Kier molecular flexibility index (Phi) is 8.45. The predicted octanol–water partition coefficient (Wildman–Crippen LogP) is 4.80. The third-order valence-electron chi connectivity index (χ3n) is 5.98. The number of carbonyl (C=O) groups excluding carboxylic acids is 2. The van der Waals surface area contributed by atoms with Gasteiger partial charge in [-0.05, 0) is 54.1 Å². The van der Waals surface area contributed by atoms with Crippen molar-refractivity contribution in [3.63, 3.8) is 0 Å². The number of fused-ring (bicyclic) bond motifs is 1. The van der Waals surface area contributed by atoms with Crippen LogP contribution >= 0.6 is 11.3 Å². The summed E-state index contributed by atoms with van der Waals surface area (Å²) in [5.74, 6) is 1.21. The molecule has 0 bridgehead atoms. The van der Waals surface area contributed by atoms with Crippen LogP contribution in [0, 0.1) is 13.8 Å². The van der Waals surface area contributed by atoms with E-state index in [1.807, 2.05) is 67.8 Å². The number of methoxy groups -OCH3 is 1. The molecule has 1 aromatic heterocycles. The molecule has 1 N–H and O–H groups in total. The number of thiophene rings is 1. The van der Waals surface area contributed by atoms with Crippen molar-refractivity contribution < 1.29 is 23.8 Å². The highest BCUT2D eigenvalue weighted by molar-refractivity contribution is 7.09. The number of nitrogens with one attached hydrogen (secondary N) is 1. The molecule has 1 aliphatic heterocycles. The highest BCUT2D eigenvalue weighted by Gasteiger charge is 2.24. The monoisotopic (exact) mass is 509 g/mol. The molecular weight excluding hydrogens is 478 g/mol. The van der Waals surface area contributed by atoms with Crippen molar-refractivity contribution >= 4 is 29.0 Å². The van der Waals surface area contributed by atoms with E-state index in [1.165, 1.54) is 4.90 Å². The Morgan fingerprint density at radius 3 is 2.50 bits per heavy atom. The first-order chi connectivity index (χ1) is 17.4. The molecule has 190 valence electrons. The van der Waals surface area contributed by atoms with E-state index in [1.54, 1.807) is 23.3 Å². The molecule has 4 rings (SSSR count). The number of para-hydroxylation sites is 1. The van der Waals surface area contributed by atoms with Gasteiger partial charge in [-0.2, -0.15) is 0 Å². The van der Waals surface area contributed by atoms with E-state index in [0.29, 0.717) is 31.2 Å². The van der Waals surface area contributed by atoms with Crippen molar-refractivity contribution in [3.05, 3.63) is 75.5 Å². The van der Waals surface area contributed by atoms with Gasteiger partial charge in [0.2, 0.25) is 12.7 Å². The molecule has 3 amide bonds. The fourth-order valence-electron chi connectivity index (χ4n) is 4.00. The topological polar surface area (TPSA) is 80.3 Å². The number of hydrogen-bond acceptors (Lipinski definition) is 6. The van der Waals surface area contributed by atoms with Gasteiger partial charge in [0.15, 0.2) is 11.5 Å². The lowest BCUT2D eigenvalue weighted by Gasteiger charge is -2.28. The Morgan fingerprint density at radius 2 is 1.78 bits per heavy atom. The zero-order chi connectivity index (χ0) is 25.5. The second-order valence-electron chi connectivity index (χ2n) is 8.63. The number of carbonyl (C=O) groups is 2. The molecule has 0 radical (unpaired) electrons. The smallest absolute Gasteiger partial charge is 0.322 e. The van der Waals surface area contributed by atoms with Crippen LogP contribution in [0.3, 0.4) is 0 Å². The maximum Gasteiger partial charge on any atom is 0.322 e. The quantitative estimate of drug-likeness (QED) is 0.425. The van der Waals surface area contributed by atoms with Crippen LogP contribution in [0.2, 0.25) is 0 Å². The summed E-state index contributed by atoms with van der Waals surface area (Å²) in [7, 11) is 1.58. The van der Waals surface area contributed by atoms with Crippen LogP contribution in [0.15, 0.2) is 53.9 Å². The number of urea groups is 1. The van der Waals surface area contributed by atoms with Crippen LogP contribution in [-0.2, 0) is 22.6 Å². The molecule has 2 aromatic carbocycles. The number of benzene rings is 2. The van der Waals surface area contributed by atoms with E-state index < -0.39 is 0 Å². The SMILES string of the molecule is COCCN(CC(=O)N(Cc1ccc2c(c1)OCO2)Cc1cccs1)C(=O)Nc1c(C)cccc1C. The number of hydrogen-bond donors (Lipinski definition) is 1. The van der Waals surface area contributed by atoms with Crippen LogP contribution in [0.25, 0.3) is 0 Å². The van der Waals surface area contributed by atoms with Crippen LogP contribution in [0.4, 0.5) is 10.5 Å². The molecule has 0 unspecified atom stereocenters. The van der Waals surface area contributed by atoms with E-state index in [9.17, 15) is 9.59 Å². The molecule has 0 aliphatic carbocycles. The molecule has 9 heteroatoms. The van der Waals surface area contributed by atoms with Crippen molar-refractivity contribution in [2.24, 2.45) is 0 Å². The van der Waals surface area contributed by atoms with Gasteiger partial charge >= 0.3 is 6.03 Å². The van der Waals surface area contributed by atoms with E-state index in [2.05, 4.69) is 5.32 Å². The molecule has 3 aromatic rings. The van der Waals surface area contributed by atoms with Gasteiger partial charge in [0.05, 0.1) is 13.2 Å². The first kappa shape index (κ1) is 25.5. The number of nitrogens with zero attached hydrogens (tertiary/aromatic N) is 2. The summed E-state index contributed by atoms with van der Waals surface area (Å²) in [6, 6.07) is 15.2. The molecule has 2 heterocycles.